The summed E-state index contributed by atoms with van der Waals surface area (Å²) in [6.45, 7) is 0. The van der Waals surface area contributed by atoms with Crippen molar-refractivity contribution < 1.29 is 23.6 Å². The Bertz CT molecular complexity index is 75.8. The van der Waals surface area contributed by atoms with E-state index in [0.29, 0.717) is 0 Å². The molecule has 0 aliphatic carbocycles. The third-order valence-electron chi connectivity index (χ3n) is 0.0845. The van der Waals surface area contributed by atoms with Crippen molar-refractivity contribution in [2.45, 2.75) is 0 Å². The van der Waals surface area contributed by atoms with Gasteiger partial charge in [0.25, 0.3) is 0 Å². The Kier molecular flexibility index (Phi) is 5.77. The zero-order valence-electron chi connectivity index (χ0n) is 3.17. The first-order chi connectivity index (χ1) is 2.56. The van der Waals surface area contributed by atoms with Gasteiger partial charge in [-0.1, -0.05) is 0 Å². The molecule has 0 spiro atoms. The van der Waals surface area contributed by atoms with Crippen LogP contribution in [0.15, 0.2) is 0 Å². The maximum Gasteiger partial charge on any atom is 2.00 e. The first-order valence-electron chi connectivity index (χ1n) is 0.885. The molecule has 0 aliphatic rings. The Hall–Kier alpha value is 0.806. The van der Waals surface area contributed by atoms with Crippen LogP contribution in [0.5, 0.6) is 0 Å². The molecule has 0 atom stereocenters. The molecule has 0 unspecified atom stereocenters. The van der Waals surface area contributed by atoms with Gasteiger partial charge in [0.1, 0.15) is 7.82 Å². The molecule has 0 aromatic heterocycles. The summed E-state index contributed by atoms with van der Waals surface area (Å²) in [4.78, 5) is 17.8. The normalized spacial score (nSPS) is 10.1. The topological polar surface area (TPSA) is 72.4 Å². The molecule has 0 bridgehead atoms. The number of phosphoric acid groups is 1. The van der Waals surface area contributed by atoms with E-state index < -0.39 is 7.82 Å². The first-order valence-corrected chi connectivity index (χ1v) is 2.35. The maximum absolute atomic E-state index is 10.1. The van der Waals surface area contributed by atoms with E-state index in [2.05, 4.69) is 0 Å². The van der Waals surface area contributed by atoms with Crippen LogP contribution >= 0.6 is 7.82 Å². The van der Waals surface area contributed by atoms with Crippen molar-refractivity contribution >= 4 is 30.9 Å². The molecule has 7 heavy (non-hydrogen) atoms. The van der Waals surface area contributed by atoms with Crippen molar-refractivity contribution in [2.24, 2.45) is 0 Å². The average molecular weight is 138 g/mol. The molecular formula is FMgO4P. The molecule has 0 saturated carbocycles. The molecule has 7 heteroatoms. The second-order valence-electron chi connectivity index (χ2n) is 0.516. The van der Waals surface area contributed by atoms with Crippen LogP contribution < -0.4 is 9.79 Å². The van der Waals surface area contributed by atoms with Crippen LogP contribution in [0.2, 0.25) is 0 Å². The summed E-state index contributed by atoms with van der Waals surface area (Å²) in [6.07, 6.45) is 0. The minimum absolute atomic E-state index is 0. The molecule has 4 nitrogen and oxygen atoms in total. The van der Waals surface area contributed by atoms with Gasteiger partial charge in [-0.25, -0.2) is 0 Å². The van der Waals surface area contributed by atoms with E-state index in [1.165, 1.54) is 0 Å². The quantitative estimate of drug-likeness (QED) is 0.321. The Morgan fingerprint density at radius 1 is 1.57 bits per heavy atom. The summed E-state index contributed by atoms with van der Waals surface area (Å²) in [6, 6.07) is 0. The molecule has 0 rings (SSSR count). The largest absolute Gasteiger partial charge is 2.00 e. The van der Waals surface area contributed by atoms with E-state index in [-0.39, 0.29) is 23.1 Å². The Morgan fingerprint density at radius 2 is 1.71 bits per heavy atom. The molecule has 0 radical (unpaired) electrons. The molecule has 0 saturated heterocycles. The summed E-state index contributed by atoms with van der Waals surface area (Å²) >= 11 is 0. The predicted molar refractivity (Wildman–Crippen MR) is 15.6 cm³/mol. The minimum atomic E-state index is -5.31. The van der Waals surface area contributed by atoms with Crippen LogP contribution in [-0.2, 0) is 9.29 Å². The zero-order valence-corrected chi connectivity index (χ0v) is 5.47. The fourth-order valence-electron chi connectivity index (χ4n) is 0. The van der Waals surface area contributed by atoms with Gasteiger partial charge in [-0.15, -0.1) is 0 Å². The van der Waals surface area contributed by atoms with Gasteiger partial charge in [-0.05, 0) is 4.53 Å². The first kappa shape index (κ1) is 10.7. The van der Waals surface area contributed by atoms with Crippen LogP contribution in [0.4, 0.5) is 4.53 Å². The number of hydrogen-bond acceptors (Lipinski definition) is 4. The number of rotatable bonds is 1. The van der Waals surface area contributed by atoms with Gasteiger partial charge in [0.15, 0.2) is 0 Å². The fraction of sp³-hybridized carbons (Fsp3) is 0. The maximum atomic E-state index is 10.1. The molecule has 0 fully saturated rings. The fourth-order valence-corrected chi connectivity index (χ4v) is 0. The van der Waals surface area contributed by atoms with Crippen LogP contribution in [0.1, 0.15) is 0 Å². The summed E-state index contributed by atoms with van der Waals surface area (Å²) in [5, 5.41) is 0. The van der Waals surface area contributed by atoms with Gasteiger partial charge in [-0.3, -0.25) is 0 Å². The van der Waals surface area contributed by atoms with Gasteiger partial charge < -0.3 is 14.4 Å². The monoisotopic (exact) mass is 138 g/mol. The zero-order chi connectivity index (χ0) is 5.21. The van der Waals surface area contributed by atoms with Crippen LogP contribution in [0.25, 0.3) is 0 Å². The van der Waals surface area contributed by atoms with Crippen molar-refractivity contribution in [3.63, 3.8) is 0 Å². The van der Waals surface area contributed by atoms with Crippen molar-refractivity contribution in [1.82, 2.24) is 0 Å². The van der Waals surface area contributed by atoms with E-state index >= 15 is 0 Å². The molecular weight excluding hydrogens is 138 g/mol. The standard InChI is InChI=1S/FH2O4P.Mg/c1-5-6(2,3)4;/h(H2,2,3,4);/q;+2/p-2. The smallest absolute Gasteiger partial charge is 0.787 e. The third-order valence-corrected chi connectivity index (χ3v) is 0.254. The van der Waals surface area contributed by atoms with Gasteiger partial charge in [0, 0.05) is 0 Å². The molecule has 0 heterocycles. The van der Waals surface area contributed by atoms with Crippen molar-refractivity contribution in [2.75, 3.05) is 0 Å². The number of hydrogen-bond donors (Lipinski definition) is 0. The SMILES string of the molecule is O=P([O-])([O-])OF.[Mg+2]. The summed E-state index contributed by atoms with van der Waals surface area (Å²) in [5.74, 6) is 0. The van der Waals surface area contributed by atoms with Crippen LogP contribution in [0, 0.1) is 0 Å². The predicted octanol–water partition coefficient (Wildman–Crippen LogP) is -1.66. The Labute approximate surface area is 55.0 Å². The van der Waals surface area contributed by atoms with Crippen molar-refractivity contribution in [3.05, 3.63) is 0 Å². The average Bonchev–Trinajstić information content (AvgIpc) is 1.35. The molecule has 0 aromatic rings. The van der Waals surface area contributed by atoms with E-state index in [1.807, 2.05) is 4.73 Å². The van der Waals surface area contributed by atoms with Gasteiger partial charge in [-0.2, -0.15) is 4.73 Å². The molecule has 38 valence electrons. The van der Waals surface area contributed by atoms with E-state index in [0.717, 1.165) is 0 Å². The molecule has 0 amide bonds. The van der Waals surface area contributed by atoms with Crippen molar-refractivity contribution in [1.29, 1.82) is 0 Å². The second-order valence-corrected chi connectivity index (χ2v) is 1.55. The molecule has 0 aliphatic heterocycles. The number of halogens is 1. The van der Waals surface area contributed by atoms with E-state index in [4.69, 9.17) is 14.4 Å². The summed E-state index contributed by atoms with van der Waals surface area (Å²) in [5.41, 5.74) is 0. The van der Waals surface area contributed by atoms with E-state index in [1.54, 1.807) is 0 Å². The molecule has 0 aromatic carbocycles. The Balaban J connectivity index is 0. The van der Waals surface area contributed by atoms with Crippen LogP contribution in [0.3, 0.4) is 0 Å². The summed E-state index contributed by atoms with van der Waals surface area (Å²) < 4.78 is 20.9. The molecule has 0 N–H and O–H groups in total. The van der Waals surface area contributed by atoms with Gasteiger partial charge in [0.05, 0.1) is 0 Å². The van der Waals surface area contributed by atoms with Gasteiger partial charge in [0.2, 0.25) is 0 Å². The van der Waals surface area contributed by atoms with E-state index in [9.17, 15) is 4.53 Å². The van der Waals surface area contributed by atoms with Crippen molar-refractivity contribution in [3.8, 4) is 0 Å². The summed E-state index contributed by atoms with van der Waals surface area (Å²) in [7, 11) is -5.31. The minimum Gasteiger partial charge on any atom is -0.787 e. The Morgan fingerprint density at radius 3 is 1.71 bits per heavy atom. The second kappa shape index (κ2) is 3.77. The van der Waals surface area contributed by atoms with Crippen LogP contribution in [-0.4, -0.2) is 23.1 Å². The third kappa shape index (κ3) is 10.9. The van der Waals surface area contributed by atoms with Gasteiger partial charge >= 0.3 is 23.1 Å².